The van der Waals surface area contributed by atoms with E-state index in [9.17, 15) is 4.79 Å². The molecule has 1 aliphatic rings. The molecule has 0 spiro atoms. The summed E-state index contributed by atoms with van der Waals surface area (Å²) in [5, 5.41) is 10.6. The summed E-state index contributed by atoms with van der Waals surface area (Å²) in [4.78, 5) is 12.2. The van der Waals surface area contributed by atoms with E-state index in [0.29, 0.717) is 6.54 Å². The van der Waals surface area contributed by atoms with Gasteiger partial charge in [-0.3, -0.25) is 4.79 Å². The Morgan fingerprint density at radius 2 is 2.24 bits per heavy atom. The summed E-state index contributed by atoms with van der Waals surface area (Å²) in [6, 6.07) is 9.93. The van der Waals surface area contributed by atoms with Crippen molar-refractivity contribution < 1.29 is 4.79 Å². The van der Waals surface area contributed by atoms with Crippen LogP contribution in [0, 0.1) is 5.41 Å². The first-order valence-corrected chi connectivity index (χ1v) is 7.25. The van der Waals surface area contributed by atoms with E-state index in [-0.39, 0.29) is 11.3 Å². The van der Waals surface area contributed by atoms with E-state index in [1.165, 1.54) is 0 Å². The Morgan fingerprint density at radius 1 is 1.43 bits per heavy atom. The molecule has 1 unspecified atom stereocenters. The zero-order valence-electron chi connectivity index (χ0n) is 12.2. The predicted molar refractivity (Wildman–Crippen MR) is 81.0 cm³/mol. The second-order valence-electron chi connectivity index (χ2n) is 5.80. The highest BCUT2D eigenvalue weighted by Gasteiger charge is 2.35. The van der Waals surface area contributed by atoms with Crippen LogP contribution in [0.1, 0.15) is 18.9 Å². The van der Waals surface area contributed by atoms with Gasteiger partial charge in [-0.05, 0) is 32.0 Å². The minimum atomic E-state index is -0.282. The largest absolute Gasteiger partial charge is 0.351 e. The lowest BCUT2D eigenvalue weighted by atomic mass is 9.89. The molecule has 3 rings (SSSR count). The molecule has 5 nitrogen and oxygen atoms in total. The molecular formula is C16H20N4O. The monoisotopic (exact) mass is 284 g/mol. The molecule has 1 atom stereocenters. The summed E-state index contributed by atoms with van der Waals surface area (Å²) < 4.78 is 1.82. The van der Waals surface area contributed by atoms with Crippen LogP contribution in [0.5, 0.6) is 0 Å². The van der Waals surface area contributed by atoms with Crippen molar-refractivity contribution >= 4 is 5.91 Å². The van der Waals surface area contributed by atoms with Crippen molar-refractivity contribution in [2.75, 3.05) is 13.1 Å². The van der Waals surface area contributed by atoms with Crippen molar-refractivity contribution in [3.05, 3.63) is 48.3 Å². The Labute approximate surface area is 124 Å². The highest BCUT2D eigenvalue weighted by atomic mass is 16.2. The first kappa shape index (κ1) is 13.8. The van der Waals surface area contributed by atoms with Crippen molar-refractivity contribution in [3.63, 3.8) is 0 Å². The number of benzene rings is 1. The maximum absolute atomic E-state index is 12.2. The van der Waals surface area contributed by atoms with Crippen molar-refractivity contribution in [1.82, 2.24) is 20.4 Å². The lowest BCUT2D eigenvalue weighted by Gasteiger charge is -2.21. The van der Waals surface area contributed by atoms with Gasteiger partial charge in [0.1, 0.15) is 0 Å². The minimum absolute atomic E-state index is 0.111. The van der Waals surface area contributed by atoms with Gasteiger partial charge in [0.2, 0.25) is 5.91 Å². The molecule has 1 aliphatic heterocycles. The van der Waals surface area contributed by atoms with Crippen LogP contribution in [0.3, 0.4) is 0 Å². The highest BCUT2D eigenvalue weighted by molar-refractivity contribution is 5.82. The van der Waals surface area contributed by atoms with Crippen LogP contribution in [0.25, 0.3) is 5.69 Å². The van der Waals surface area contributed by atoms with Crippen LogP contribution in [0.2, 0.25) is 0 Å². The standard InChI is InChI=1S/C16H20N4O/c1-16(7-8-17-12-16)15(21)18-9-13-10-19-20(11-13)14-5-3-2-4-6-14/h2-6,10-11,17H,7-9,12H2,1H3,(H,18,21). The molecule has 0 bridgehead atoms. The van der Waals surface area contributed by atoms with Crippen LogP contribution >= 0.6 is 0 Å². The van der Waals surface area contributed by atoms with Gasteiger partial charge in [-0.15, -0.1) is 0 Å². The first-order chi connectivity index (χ1) is 10.2. The maximum atomic E-state index is 12.2. The number of nitrogens with one attached hydrogen (secondary N) is 2. The molecule has 1 aromatic carbocycles. The van der Waals surface area contributed by atoms with Crippen LogP contribution in [0.15, 0.2) is 42.7 Å². The van der Waals surface area contributed by atoms with Gasteiger partial charge in [0.25, 0.3) is 0 Å². The molecule has 2 heterocycles. The number of rotatable bonds is 4. The molecule has 1 amide bonds. The van der Waals surface area contributed by atoms with Gasteiger partial charge in [-0.25, -0.2) is 4.68 Å². The third kappa shape index (κ3) is 2.97. The highest BCUT2D eigenvalue weighted by Crippen LogP contribution is 2.24. The van der Waals surface area contributed by atoms with Gasteiger partial charge in [0.05, 0.1) is 17.3 Å². The first-order valence-electron chi connectivity index (χ1n) is 7.25. The lowest BCUT2D eigenvalue weighted by molar-refractivity contribution is -0.129. The molecule has 0 saturated carbocycles. The molecule has 1 fully saturated rings. The molecular weight excluding hydrogens is 264 g/mol. The third-order valence-corrected chi connectivity index (χ3v) is 4.03. The minimum Gasteiger partial charge on any atom is -0.351 e. The Bertz CT molecular complexity index is 614. The lowest BCUT2D eigenvalue weighted by Crippen LogP contribution is -2.39. The Kier molecular flexibility index (Phi) is 3.75. The van der Waals surface area contributed by atoms with Crippen LogP contribution in [-0.4, -0.2) is 28.8 Å². The zero-order valence-corrected chi connectivity index (χ0v) is 12.2. The van der Waals surface area contributed by atoms with Crippen LogP contribution in [0.4, 0.5) is 0 Å². The normalized spacial score (nSPS) is 21.4. The zero-order chi connectivity index (χ0) is 14.7. The SMILES string of the molecule is CC1(C(=O)NCc2cnn(-c3ccccc3)c2)CCNC1. The van der Waals surface area contributed by atoms with Crippen molar-refractivity contribution in [2.24, 2.45) is 5.41 Å². The number of nitrogens with zero attached hydrogens (tertiary/aromatic N) is 2. The van der Waals surface area contributed by atoms with E-state index in [4.69, 9.17) is 0 Å². The average Bonchev–Trinajstić information content (AvgIpc) is 3.15. The van der Waals surface area contributed by atoms with Gasteiger partial charge in [-0.2, -0.15) is 5.10 Å². The van der Waals surface area contributed by atoms with E-state index in [2.05, 4.69) is 15.7 Å². The fraction of sp³-hybridized carbons (Fsp3) is 0.375. The van der Waals surface area contributed by atoms with Gasteiger partial charge < -0.3 is 10.6 Å². The molecule has 0 aliphatic carbocycles. The number of aromatic nitrogens is 2. The molecule has 2 aromatic rings. The van der Waals surface area contributed by atoms with Gasteiger partial charge in [0.15, 0.2) is 0 Å². The van der Waals surface area contributed by atoms with E-state index in [1.807, 2.05) is 48.1 Å². The molecule has 110 valence electrons. The predicted octanol–water partition coefficient (Wildman–Crippen LogP) is 1.49. The average molecular weight is 284 g/mol. The molecule has 1 saturated heterocycles. The fourth-order valence-electron chi connectivity index (χ4n) is 2.58. The van der Waals surface area contributed by atoms with E-state index < -0.39 is 0 Å². The number of carbonyl (C=O) groups excluding carboxylic acids is 1. The Balaban J connectivity index is 1.62. The Morgan fingerprint density at radius 3 is 2.95 bits per heavy atom. The summed E-state index contributed by atoms with van der Waals surface area (Å²) in [6.07, 6.45) is 4.63. The number of hydrogen-bond acceptors (Lipinski definition) is 3. The second-order valence-corrected chi connectivity index (χ2v) is 5.80. The summed E-state index contributed by atoms with van der Waals surface area (Å²) in [5.74, 6) is 0.111. The summed E-state index contributed by atoms with van der Waals surface area (Å²) in [7, 11) is 0. The quantitative estimate of drug-likeness (QED) is 0.894. The van der Waals surface area contributed by atoms with Crippen molar-refractivity contribution in [3.8, 4) is 5.69 Å². The van der Waals surface area contributed by atoms with E-state index >= 15 is 0 Å². The third-order valence-electron chi connectivity index (χ3n) is 4.03. The van der Waals surface area contributed by atoms with E-state index in [1.54, 1.807) is 6.20 Å². The summed E-state index contributed by atoms with van der Waals surface area (Å²) in [5.41, 5.74) is 1.74. The molecule has 0 radical (unpaired) electrons. The molecule has 2 N–H and O–H groups in total. The number of carbonyl (C=O) groups is 1. The fourth-order valence-corrected chi connectivity index (χ4v) is 2.58. The van der Waals surface area contributed by atoms with E-state index in [0.717, 1.165) is 30.8 Å². The van der Waals surface area contributed by atoms with Gasteiger partial charge in [-0.1, -0.05) is 18.2 Å². The molecule has 21 heavy (non-hydrogen) atoms. The number of para-hydroxylation sites is 1. The topological polar surface area (TPSA) is 59.0 Å². The Hall–Kier alpha value is -2.14. The molecule has 1 aromatic heterocycles. The van der Waals surface area contributed by atoms with Crippen LogP contribution in [-0.2, 0) is 11.3 Å². The van der Waals surface area contributed by atoms with Crippen molar-refractivity contribution in [1.29, 1.82) is 0 Å². The van der Waals surface area contributed by atoms with Gasteiger partial charge in [0, 0.05) is 24.8 Å². The van der Waals surface area contributed by atoms with Crippen molar-refractivity contribution in [2.45, 2.75) is 19.9 Å². The molecule has 5 heteroatoms. The van der Waals surface area contributed by atoms with Crippen LogP contribution < -0.4 is 10.6 Å². The number of hydrogen-bond donors (Lipinski definition) is 2. The maximum Gasteiger partial charge on any atom is 0.227 e. The van der Waals surface area contributed by atoms with Gasteiger partial charge >= 0.3 is 0 Å². The smallest absolute Gasteiger partial charge is 0.227 e. The number of amides is 1. The second kappa shape index (κ2) is 5.69. The summed E-state index contributed by atoms with van der Waals surface area (Å²) >= 11 is 0. The summed E-state index contributed by atoms with van der Waals surface area (Å²) in [6.45, 7) is 4.19.